The van der Waals surface area contributed by atoms with Crippen molar-refractivity contribution in [3.63, 3.8) is 0 Å². The molecule has 3 N–H and O–H groups in total. The number of carboxylic acid groups (broad SMARTS) is 1. The highest BCUT2D eigenvalue weighted by Gasteiger charge is 2.45. The summed E-state index contributed by atoms with van der Waals surface area (Å²) in [5, 5.41) is 16.2. The molecule has 75 heavy (non-hydrogen) atoms. The van der Waals surface area contributed by atoms with E-state index in [9.17, 15) is 33.9 Å². The second kappa shape index (κ2) is 21.0. The zero-order valence-electron chi connectivity index (χ0n) is 41.5. The van der Waals surface area contributed by atoms with E-state index in [1.165, 1.54) is 17.4 Å². The molecule has 7 heterocycles. The van der Waals surface area contributed by atoms with Crippen LogP contribution in [-0.2, 0) is 22.6 Å². The molecule has 1 atom stereocenters. The number of fused-ring (bicyclic) bond motifs is 3. The predicted octanol–water partition coefficient (Wildman–Crippen LogP) is 7.02. The number of imide groups is 2. The maximum Gasteiger partial charge on any atom is 0.355 e. The number of carbonyl (C=O) groups is 6. The summed E-state index contributed by atoms with van der Waals surface area (Å²) in [4.78, 5) is 96.1. The van der Waals surface area contributed by atoms with Gasteiger partial charge in [-0.15, -0.1) is 0 Å². The molecule has 0 aliphatic carbocycles. The molecule has 5 amide bonds. The fourth-order valence-corrected chi connectivity index (χ4v) is 12.1. The number of piperazine rings is 1. The number of carboxylic acids is 1. The van der Waals surface area contributed by atoms with Gasteiger partial charge in [-0.1, -0.05) is 47.7 Å². The number of pyridine rings is 1. The number of anilines is 3. The van der Waals surface area contributed by atoms with E-state index in [-0.39, 0.29) is 41.3 Å². The second-order valence-corrected chi connectivity index (χ2v) is 20.9. The van der Waals surface area contributed by atoms with E-state index in [0.717, 1.165) is 88.9 Å². The zero-order chi connectivity index (χ0) is 51.9. The first kappa shape index (κ1) is 49.6. The highest BCUT2D eigenvalue weighted by atomic mass is 32.1. The van der Waals surface area contributed by atoms with Crippen LogP contribution in [0.15, 0.2) is 84.9 Å². The van der Waals surface area contributed by atoms with Crippen LogP contribution in [0.25, 0.3) is 21.3 Å². The van der Waals surface area contributed by atoms with Crippen molar-refractivity contribution in [3.8, 4) is 16.9 Å². The predicted molar refractivity (Wildman–Crippen MR) is 281 cm³/mol. The summed E-state index contributed by atoms with van der Waals surface area (Å²) in [5.74, 6) is -2.78. The number of benzene rings is 4. The fourth-order valence-electron chi connectivity index (χ4n) is 11.2. The molecule has 1 unspecified atom stereocenters. The number of nitrogens with one attached hydrogen (secondary N) is 2. The normalized spacial score (nSPS) is 18.6. The molecular formula is C56H56FN9O8S. The molecule has 0 saturated carbocycles. The topological polar surface area (TPSA) is 198 Å². The number of thiazole rings is 1. The Bertz CT molecular complexity index is 3240. The van der Waals surface area contributed by atoms with Crippen molar-refractivity contribution in [2.24, 2.45) is 5.92 Å². The van der Waals surface area contributed by atoms with E-state index in [0.29, 0.717) is 86.0 Å². The lowest BCUT2D eigenvalue weighted by atomic mass is 9.94. The van der Waals surface area contributed by atoms with Crippen molar-refractivity contribution in [2.75, 3.05) is 80.6 Å². The van der Waals surface area contributed by atoms with Crippen LogP contribution in [-0.4, -0.2) is 137 Å². The van der Waals surface area contributed by atoms with Crippen molar-refractivity contribution in [3.05, 3.63) is 130 Å². The van der Waals surface area contributed by atoms with Crippen LogP contribution in [0.5, 0.6) is 5.75 Å². The van der Waals surface area contributed by atoms with Gasteiger partial charge in [0.2, 0.25) is 11.8 Å². The third-order valence-corrected chi connectivity index (χ3v) is 16.4. The number of nitrogens with zero attached hydrogens (tertiary/aromatic N) is 7. The quantitative estimate of drug-likeness (QED) is 0.0941. The molecule has 5 aliphatic rings. The van der Waals surface area contributed by atoms with E-state index in [1.54, 1.807) is 0 Å². The van der Waals surface area contributed by atoms with Crippen LogP contribution in [0.1, 0.15) is 90.4 Å². The number of likely N-dealkylation sites (tertiary alicyclic amines) is 1. The molecule has 19 heteroatoms. The number of hydrogen-bond donors (Lipinski definition) is 3. The maximum atomic E-state index is 15.5. The lowest BCUT2D eigenvalue weighted by molar-refractivity contribution is -0.136. The van der Waals surface area contributed by atoms with Crippen LogP contribution in [0, 0.1) is 18.7 Å². The van der Waals surface area contributed by atoms with Gasteiger partial charge in [-0.05, 0) is 129 Å². The lowest BCUT2D eigenvalue weighted by Crippen LogP contribution is -2.54. The van der Waals surface area contributed by atoms with E-state index >= 15 is 4.39 Å². The number of halogens is 1. The van der Waals surface area contributed by atoms with Crippen LogP contribution >= 0.6 is 11.3 Å². The standard InChI is InChI=1S/C56H56FN9O8S/c1-33-36(37-12-14-48(59-50(37)55(72)73)65-22-18-35-6-4-8-38(41(35)32-65)51(68)61-56-58-43-9-2-3-11-47(43)75-56)7-5-10-46(33)74-29-19-34-16-20-62(21-17-34)23-24-63-25-27-64(28-26-63)45-31-40-39(30-42(45)57)53(70)66(54(40)71)44-13-15-49(67)60-52(44)69/h2-12,14,30-31,34,44H,13,15-29,32H2,1H3,(H,72,73)(H,58,61,68)(H,60,67,69). The third kappa shape index (κ3) is 10.1. The Balaban J connectivity index is 0.646. The Morgan fingerprint density at radius 1 is 0.787 bits per heavy atom. The van der Waals surface area contributed by atoms with Gasteiger partial charge in [-0.2, -0.15) is 0 Å². The molecule has 2 aromatic heterocycles. The minimum atomic E-state index is -1.13. The zero-order valence-corrected chi connectivity index (χ0v) is 42.3. The lowest BCUT2D eigenvalue weighted by Gasteiger charge is -2.38. The van der Waals surface area contributed by atoms with E-state index in [2.05, 4.69) is 25.4 Å². The number of amides is 5. The monoisotopic (exact) mass is 1030 g/mol. The number of ether oxygens (including phenoxy) is 1. The molecule has 386 valence electrons. The molecule has 6 aromatic rings. The molecule has 3 fully saturated rings. The van der Waals surface area contributed by atoms with Crippen molar-refractivity contribution in [2.45, 2.75) is 58.0 Å². The summed E-state index contributed by atoms with van der Waals surface area (Å²) < 4.78 is 22.9. The minimum absolute atomic E-state index is 0.0101. The van der Waals surface area contributed by atoms with Gasteiger partial charge in [0.1, 0.15) is 23.4 Å². The van der Waals surface area contributed by atoms with Crippen molar-refractivity contribution < 1.29 is 43.0 Å². The maximum absolute atomic E-state index is 15.5. The molecular weight excluding hydrogens is 978 g/mol. The van der Waals surface area contributed by atoms with Crippen molar-refractivity contribution in [1.29, 1.82) is 0 Å². The van der Waals surface area contributed by atoms with E-state index in [1.807, 2.05) is 89.5 Å². The summed E-state index contributed by atoms with van der Waals surface area (Å²) in [6, 6.07) is 24.3. The molecule has 0 spiro atoms. The van der Waals surface area contributed by atoms with Gasteiger partial charge in [-0.3, -0.25) is 44.4 Å². The van der Waals surface area contributed by atoms with E-state index < -0.39 is 41.5 Å². The Morgan fingerprint density at radius 3 is 2.29 bits per heavy atom. The highest BCUT2D eigenvalue weighted by molar-refractivity contribution is 7.22. The minimum Gasteiger partial charge on any atom is -0.493 e. The molecule has 0 bridgehead atoms. The Morgan fingerprint density at radius 2 is 1.53 bits per heavy atom. The SMILES string of the molecule is Cc1c(OCCC2CCN(CCN3CCN(c4cc5c(cc4F)C(=O)N(C4CCC(=O)NC4=O)C5=O)CC3)CC2)cccc1-c1ccc(N2CCc3cccc(C(=O)Nc4nc5ccccc5s4)c3C2)nc1C(=O)O. The van der Waals surface area contributed by atoms with Gasteiger partial charge < -0.3 is 24.5 Å². The van der Waals surface area contributed by atoms with Crippen molar-refractivity contribution >= 4 is 73.7 Å². The molecule has 0 radical (unpaired) electrons. The molecule has 5 aliphatic heterocycles. The molecule has 17 nitrogen and oxygen atoms in total. The largest absolute Gasteiger partial charge is 0.493 e. The first-order valence-corrected chi connectivity index (χ1v) is 26.4. The number of carbonyl (C=O) groups excluding carboxylic acids is 5. The number of aromatic carboxylic acids is 1. The number of hydrogen-bond acceptors (Lipinski definition) is 14. The second-order valence-electron chi connectivity index (χ2n) is 19.9. The van der Waals surface area contributed by atoms with Crippen molar-refractivity contribution in [1.82, 2.24) is 30.0 Å². The average Bonchev–Trinajstić information content (AvgIpc) is 3.96. The van der Waals surface area contributed by atoms with Gasteiger partial charge in [0.05, 0.1) is 33.6 Å². The Hall–Kier alpha value is -7.61. The molecule has 4 aromatic carbocycles. The summed E-state index contributed by atoms with van der Waals surface area (Å²) in [6.07, 6.45) is 3.72. The summed E-state index contributed by atoms with van der Waals surface area (Å²) in [5.41, 5.74) is 5.59. The van der Waals surface area contributed by atoms with Crippen LogP contribution in [0.3, 0.4) is 0 Å². The van der Waals surface area contributed by atoms with Gasteiger partial charge in [0.25, 0.3) is 17.7 Å². The fraction of sp³-hybridized carbons (Fsp3) is 0.357. The summed E-state index contributed by atoms with van der Waals surface area (Å²) >= 11 is 1.42. The third-order valence-electron chi connectivity index (χ3n) is 15.5. The molecule has 3 saturated heterocycles. The molecule has 11 rings (SSSR count). The average molecular weight is 1030 g/mol. The van der Waals surface area contributed by atoms with Crippen LogP contribution in [0.4, 0.5) is 21.0 Å². The summed E-state index contributed by atoms with van der Waals surface area (Å²) in [7, 11) is 0. The number of piperidine rings is 2. The number of para-hydroxylation sites is 1. The smallest absolute Gasteiger partial charge is 0.355 e. The van der Waals surface area contributed by atoms with Gasteiger partial charge >= 0.3 is 5.97 Å². The highest BCUT2D eigenvalue weighted by Crippen LogP contribution is 2.37. The number of rotatable bonds is 14. The van der Waals surface area contributed by atoms with Gasteiger partial charge in [0, 0.05) is 69.9 Å². The van der Waals surface area contributed by atoms with Crippen LogP contribution < -0.4 is 25.2 Å². The first-order chi connectivity index (χ1) is 36.4. The number of aromatic nitrogens is 2. The first-order valence-electron chi connectivity index (χ1n) is 25.6. The Labute approximate surface area is 436 Å². The van der Waals surface area contributed by atoms with Gasteiger partial charge in [-0.25, -0.2) is 19.2 Å². The Kier molecular flexibility index (Phi) is 13.9. The van der Waals surface area contributed by atoms with E-state index in [4.69, 9.17) is 9.72 Å². The van der Waals surface area contributed by atoms with Gasteiger partial charge in [0.15, 0.2) is 10.8 Å². The summed E-state index contributed by atoms with van der Waals surface area (Å²) in [6.45, 7) is 9.77. The van der Waals surface area contributed by atoms with Crippen LogP contribution in [0.2, 0.25) is 0 Å².